The SMILES string of the molecule is CCCNc1nc(N2CCN(c3ccc(Cl)cc3)CC2)nc2c(Br)csc12. The van der Waals surface area contributed by atoms with Crippen LogP contribution < -0.4 is 15.1 Å². The highest BCUT2D eigenvalue weighted by Crippen LogP contribution is 2.35. The number of piperazine rings is 1. The number of anilines is 3. The largest absolute Gasteiger partial charge is 0.369 e. The lowest BCUT2D eigenvalue weighted by Gasteiger charge is -2.36. The van der Waals surface area contributed by atoms with Crippen molar-refractivity contribution in [1.29, 1.82) is 0 Å². The van der Waals surface area contributed by atoms with Gasteiger partial charge >= 0.3 is 0 Å². The molecule has 0 aliphatic carbocycles. The number of halogens is 2. The minimum Gasteiger partial charge on any atom is -0.369 e. The fraction of sp³-hybridized carbons (Fsp3) is 0.368. The molecule has 4 rings (SSSR count). The van der Waals surface area contributed by atoms with Crippen molar-refractivity contribution >= 4 is 66.5 Å². The lowest BCUT2D eigenvalue weighted by atomic mass is 10.2. The number of thiophene rings is 1. The maximum Gasteiger partial charge on any atom is 0.228 e. The van der Waals surface area contributed by atoms with Gasteiger partial charge in [-0.25, -0.2) is 4.98 Å². The van der Waals surface area contributed by atoms with Gasteiger partial charge in [-0.15, -0.1) is 11.3 Å². The summed E-state index contributed by atoms with van der Waals surface area (Å²) in [6, 6.07) is 8.05. The van der Waals surface area contributed by atoms with E-state index in [-0.39, 0.29) is 0 Å². The van der Waals surface area contributed by atoms with Crippen molar-refractivity contribution in [2.24, 2.45) is 0 Å². The molecule has 0 amide bonds. The highest BCUT2D eigenvalue weighted by molar-refractivity contribution is 9.10. The van der Waals surface area contributed by atoms with E-state index in [1.807, 2.05) is 12.1 Å². The Morgan fingerprint density at radius 3 is 2.52 bits per heavy atom. The highest BCUT2D eigenvalue weighted by atomic mass is 79.9. The summed E-state index contributed by atoms with van der Waals surface area (Å²) in [4.78, 5) is 14.3. The summed E-state index contributed by atoms with van der Waals surface area (Å²) in [5, 5.41) is 6.31. The molecule has 27 heavy (non-hydrogen) atoms. The molecule has 1 saturated heterocycles. The van der Waals surface area contributed by atoms with E-state index in [1.165, 1.54) is 5.69 Å². The van der Waals surface area contributed by atoms with E-state index in [0.29, 0.717) is 0 Å². The van der Waals surface area contributed by atoms with Crippen LogP contribution in [0.3, 0.4) is 0 Å². The zero-order valence-electron chi connectivity index (χ0n) is 15.1. The van der Waals surface area contributed by atoms with Gasteiger partial charge in [0.1, 0.15) is 11.3 Å². The Labute approximate surface area is 176 Å². The Kier molecular flexibility index (Phi) is 5.71. The first-order chi connectivity index (χ1) is 13.2. The summed E-state index contributed by atoms with van der Waals surface area (Å²) >= 11 is 11.3. The molecule has 0 saturated carbocycles. The lowest BCUT2D eigenvalue weighted by Crippen LogP contribution is -2.47. The molecule has 0 atom stereocenters. The van der Waals surface area contributed by atoms with Crippen LogP contribution in [-0.4, -0.2) is 42.7 Å². The number of aromatic nitrogens is 2. The molecule has 1 aromatic carbocycles. The zero-order valence-corrected chi connectivity index (χ0v) is 18.2. The molecule has 142 valence electrons. The van der Waals surface area contributed by atoms with Gasteiger partial charge in [0.15, 0.2) is 0 Å². The second kappa shape index (κ2) is 8.20. The van der Waals surface area contributed by atoms with E-state index in [1.54, 1.807) is 11.3 Å². The molecule has 0 unspecified atom stereocenters. The molecule has 0 spiro atoms. The van der Waals surface area contributed by atoms with Gasteiger partial charge in [-0.2, -0.15) is 4.98 Å². The smallest absolute Gasteiger partial charge is 0.228 e. The number of nitrogens with one attached hydrogen (secondary N) is 1. The van der Waals surface area contributed by atoms with Gasteiger partial charge in [0, 0.05) is 48.8 Å². The maximum atomic E-state index is 6.00. The third kappa shape index (κ3) is 4.00. The molecule has 3 heterocycles. The third-order valence-electron chi connectivity index (χ3n) is 4.66. The number of benzene rings is 1. The summed E-state index contributed by atoms with van der Waals surface area (Å²) in [6.07, 6.45) is 1.06. The quantitative estimate of drug-likeness (QED) is 0.556. The Morgan fingerprint density at radius 2 is 1.81 bits per heavy atom. The van der Waals surface area contributed by atoms with Crippen molar-refractivity contribution in [2.75, 3.05) is 47.8 Å². The summed E-state index contributed by atoms with van der Waals surface area (Å²) in [5.74, 6) is 1.74. The van der Waals surface area contributed by atoms with Crippen LogP contribution in [0.4, 0.5) is 17.5 Å². The van der Waals surface area contributed by atoms with E-state index >= 15 is 0 Å². The number of hydrogen-bond acceptors (Lipinski definition) is 6. The van der Waals surface area contributed by atoms with E-state index in [9.17, 15) is 0 Å². The number of hydrogen-bond donors (Lipinski definition) is 1. The molecule has 5 nitrogen and oxygen atoms in total. The fourth-order valence-corrected chi connectivity index (χ4v) is 4.85. The van der Waals surface area contributed by atoms with Crippen molar-refractivity contribution < 1.29 is 0 Å². The predicted octanol–water partition coefficient (Wildman–Crippen LogP) is 5.26. The molecular weight excluding hydrogens is 446 g/mol. The average Bonchev–Trinajstić information content (AvgIpc) is 3.08. The van der Waals surface area contributed by atoms with Gasteiger partial charge in [-0.05, 0) is 46.6 Å². The number of nitrogens with zero attached hydrogens (tertiary/aromatic N) is 4. The molecule has 0 bridgehead atoms. The maximum absolute atomic E-state index is 6.00. The van der Waals surface area contributed by atoms with Crippen LogP contribution in [0.2, 0.25) is 5.02 Å². The number of fused-ring (bicyclic) bond motifs is 1. The molecule has 2 aromatic heterocycles. The van der Waals surface area contributed by atoms with Crippen LogP contribution in [0.25, 0.3) is 10.2 Å². The van der Waals surface area contributed by atoms with Crippen LogP contribution in [0.15, 0.2) is 34.1 Å². The van der Waals surface area contributed by atoms with Crippen LogP contribution in [0.5, 0.6) is 0 Å². The van der Waals surface area contributed by atoms with E-state index < -0.39 is 0 Å². The van der Waals surface area contributed by atoms with Crippen LogP contribution in [0, 0.1) is 0 Å². The molecule has 1 aliphatic rings. The van der Waals surface area contributed by atoms with Crippen molar-refractivity contribution in [1.82, 2.24) is 9.97 Å². The molecule has 3 aromatic rings. The first-order valence-electron chi connectivity index (χ1n) is 9.10. The Morgan fingerprint density at radius 1 is 1.11 bits per heavy atom. The zero-order chi connectivity index (χ0) is 18.8. The van der Waals surface area contributed by atoms with Gasteiger partial charge < -0.3 is 15.1 Å². The Hall–Kier alpha value is -1.57. The minimum absolute atomic E-state index is 0.771. The summed E-state index contributed by atoms with van der Waals surface area (Å²) in [6.45, 7) is 6.72. The monoisotopic (exact) mass is 465 g/mol. The highest BCUT2D eigenvalue weighted by Gasteiger charge is 2.21. The summed E-state index contributed by atoms with van der Waals surface area (Å²) in [5.41, 5.74) is 2.20. The third-order valence-corrected chi connectivity index (χ3v) is 6.79. The first kappa shape index (κ1) is 18.8. The van der Waals surface area contributed by atoms with Gasteiger partial charge in [-0.1, -0.05) is 18.5 Å². The van der Waals surface area contributed by atoms with Crippen molar-refractivity contribution in [3.05, 3.63) is 39.1 Å². The van der Waals surface area contributed by atoms with Crippen LogP contribution >= 0.6 is 38.9 Å². The predicted molar refractivity (Wildman–Crippen MR) is 120 cm³/mol. The first-order valence-corrected chi connectivity index (χ1v) is 11.1. The number of rotatable bonds is 5. The van der Waals surface area contributed by atoms with Gasteiger partial charge in [0.05, 0.1) is 9.17 Å². The van der Waals surface area contributed by atoms with Crippen LogP contribution in [0.1, 0.15) is 13.3 Å². The molecule has 1 fully saturated rings. The molecular formula is C19H21BrClN5S. The van der Waals surface area contributed by atoms with Crippen molar-refractivity contribution in [3.63, 3.8) is 0 Å². The molecule has 1 N–H and O–H groups in total. The van der Waals surface area contributed by atoms with E-state index in [4.69, 9.17) is 21.6 Å². The molecule has 1 aliphatic heterocycles. The van der Waals surface area contributed by atoms with Gasteiger partial charge in [0.25, 0.3) is 0 Å². The minimum atomic E-state index is 0.771. The Balaban J connectivity index is 1.54. The van der Waals surface area contributed by atoms with Crippen LogP contribution in [-0.2, 0) is 0 Å². The topological polar surface area (TPSA) is 44.3 Å². The molecule has 8 heteroatoms. The normalized spacial score (nSPS) is 14.8. The second-order valence-electron chi connectivity index (χ2n) is 6.51. The molecule has 0 radical (unpaired) electrons. The van der Waals surface area contributed by atoms with E-state index in [2.05, 4.69) is 55.5 Å². The lowest BCUT2D eigenvalue weighted by molar-refractivity contribution is 0.641. The summed E-state index contributed by atoms with van der Waals surface area (Å²) < 4.78 is 2.14. The van der Waals surface area contributed by atoms with E-state index in [0.717, 1.165) is 70.6 Å². The standard InChI is InChI=1S/C19H21BrClN5S/c1-2-7-22-18-17-16(15(20)12-27-17)23-19(24-18)26-10-8-25(9-11-26)14-5-3-13(21)4-6-14/h3-6,12H,2,7-11H2,1H3,(H,22,23,24). The average molecular weight is 467 g/mol. The van der Waals surface area contributed by atoms with Gasteiger partial charge in [0.2, 0.25) is 5.95 Å². The Bertz CT molecular complexity index is 922. The van der Waals surface area contributed by atoms with Crippen molar-refractivity contribution in [2.45, 2.75) is 13.3 Å². The second-order valence-corrected chi connectivity index (χ2v) is 8.68. The fourth-order valence-electron chi connectivity index (χ4n) is 3.20. The summed E-state index contributed by atoms with van der Waals surface area (Å²) in [7, 11) is 0. The van der Waals surface area contributed by atoms with Crippen molar-refractivity contribution in [3.8, 4) is 0 Å². The van der Waals surface area contributed by atoms with Gasteiger partial charge in [-0.3, -0.25) is 0 Å².